The molecule has 0 unspecified atom stereocenters. The van der Waals surface area contributed by atoms with Gasteiger partial charge >= 0.3 is 6.18 Å². The Morgan fingerprint density at radius 1 is 1.37 bits per heavy atom. The van der Waals surface area contributed by atoms with E-state index >= 15 is 0 Å². The molecule has 0 aliphatic carbocycles. The summed E-state index contributed by atoms with van der Waals surface area (Å²) in [5, 5.41) is 8.33. The molecule has 1 aliphatic heterocycles. The minimum Gasteiger partial charge on any atom is -0.369 e. The lowest BCUT2D eigenvalue weighted by Crippen LogP contribution is -2.43. The summed E-state index contributed by atoms with van der Waals surface area (Å²) in [5.41, 5.74) is 4.29. The topological polar surface area (TPSA) is 53.6 Å². The number of anilines is 1. The molecule has 0 radical (unpaired) electrons. The minimum atomic E-state index is -4.73. The Balaban J connectivity index is 2.36. The van der Waals surface area contributed by atoms with Gasteiger partial charge in [0.25, 0.3) is 0 Å². The van der Waals surface area contributed by atoms with Gasteiger partial charge in [0.1, 0.15) is 11.7 Å². The quantitative estimate of drug-likeness (QED) is 0.805. The van der Waals surface area contributed by atoms with Crippen LogP contribution in [-0.4, -0.2) is 25.5 Å². The van der Waals surface area contributed by atoms with Gasteiger partial charge in [-0.1, -0.05) is 0 Å². The third kappa shape index (κ3) is 2.95. The summed E-state index contributed by atoms with van der Waals surface area (Å²) in [6, 6.07) is 2.80. The van der Waals surface area contributed by atoms with Crippen LogP contribution in [0.5, 0.6) is 0 Å². The molecule has 1 heterocycles. The zero-order valence-electron chi connectivity index (χ0n) is 9.84. The maximum absolute atomic E-state index is 13.2. The van der Waals surface area contributed by atoms with Crippen LogP contribution in [0.2, 0.25) is 0 Å². The van der Waals surface area contributed by atoms with Crippen LogP contribution in [0.4, 0.5) is 23.2 Å². The van der Waals surface area contributed by atoms with Crippen molar-refractivity contribution in [3.8, 4) is 0 Å². The number of hydrazone groups is 1. The van der Waals surface area contributed by atoms with Crippen molar-refractivity contribution < 1.29 is 17.6 Å². The second-order valence-electron chi connectivity index (χ2n) is 3.96. The van der Waals surface area contributed by atoms with Crippen LogP contribution in [-0.2, 0) is 6.18 Å². The van der Waals surface area contributed by atoms with Gasteiger partial charge in [-0.25, -0.2) is 4.39 Å². The first kappa shape index (κ1) is 13.6. The number of nitrogens with one attached hydrogen (secondary N) is 1. The molecule has 19 heavy (non-hydrogen) atoms. The molecule has 3 N–H and O–H groups in total. The van der Waals surface area contributed by atoms with Crippen LogP contribution in [0.15, 0.2) is 23.3 Å². The standard InChI is InChI=1S/C11H12F4N4/c12-9-2-1-7(5-8(9)11(13,14)15)19-4-3-17-10(6-16)18-19/h1-2,5H,3-4,6,16H2,(H,17,18). The molecular formula is C11H12F4N4. The number of hydrogen-bond donors (Lipinski definition) is 2. The van der Waals surface area contributed by atoms with Gasteiger partial charge < -0.3 is 11.1 Å². The lowest BCUT2D eigenvalue weighted by Gasteiger charge is -2.26. The molecule has 104 valence electrons. The number of hydrogen-bond acceptors (Lipinski definition) is 4. The maximum Gasteiger partial charge on any atom is 0.419 e. The molecular weight excluding hydrogens is 264 g/mol. The summed E-state index contributed by atoms with van der Waals surface area (Å²) < 4.78 is 51.0. The predicted octanol–water partition coefficient (Wildman–Crippen LogP) is 1.53. The molecule has 1 aromatic rings. The van der Waals surface area contributed by atoms with Crippen molar-refractivity contribution in [3.63, 3.8) is 0 Å². The summed E-state index contributed by atoms with van der Waals surface area (Å²) in [6.45, 7) is 1.05. The van der Waals surface area contributed by atoms with Crippen LogP contribution >= 0.6 is 0 Å². The molecule has 0 spiro atoms. The van der Waals surface area contributed by atoms with Crippen LogP contribution in [0, 0.1) is 5.82 Å². The molecule has 0 amide bonds. The number of benzene rings is 1. The smallest absolute Gasteiger partial charge is 0.369 e. The fourth-order valence-corrected chi connectivity index (χ4v) is 1.73. The average Bonchev–Trinajstić information content (AvgIpc) is 2.38. The zero-order chi connectivity index (χ0) is 14.0. The van der Waals surface area contributed by atoms with E-state index in [-0.39, 0.29) is 12.2 Å². The Hall–Kier alpha value is -1.83. The molecule has 2 rings (SSSR count). The first-order valence-corrected chi connectivity index (χ1v) is 5.57. The van der Waals surface area contributed by atoms with E-state index in [0.29, 0.717) is 18.9 Å². The summed E-state index contributed by atoms with van der Waals surface area (Å²) in [6.07, 6.45) is -4.73. The normalized spacial score (nSPS) is 16.1. The van der Waals surface area contributed by atoms with Crippen LogP contribution in [0.1, 0.15) is 5.56 Å². The Labute approximate surface area is 106 Å². The molecule has 8 heteroatoms. The van der Waals surface area contributed by atoms with Crippen molar-refractivity contribution in [2.75, 3.05) is 24.6 Å². The van der Waals surface area contributed by atoms with Gasteiger partial charge in [0.2, 0.25) is 0 Å². The molecule has 1 aromatic carbocycles. The zero-order valence-corrected chi connectivity index (χ0v) is 9.84. The minimum absolute atomic E-state index is 0.157. The second kappa shape index (κ2) is 5.04. The van der Waals surface area contributed by atoms with Gasteiger partial charge in [0.15, 0.2) is 0 Å². The summed E-state index contributed by atoms with van der Waals surface area (Å²) in [4.78, 5) is 0. The number of nitrogens with zero attached hydrogens (tertiary/aromatic N) is 2. The summed E-state index contributed by atoms with van der Waals surface area (Å²) >= 11 is 0. The van der Waals surface area contributed by atoms with E-state index in [2.05, 4.69) is 10.4 Å². The molecule has 0 fully saturated rings. The molecule has 0 aromatic heterocycles. The van der Waals surface area contributed by atoms with E-state index in [9.17, 15) is 17.6 Å². The van der Waals surface area contributed by atoms with Crippen LogP contribution < -0.4 is 16.1 Å². The van der Waals surface area contributed by atoms with E-state index < -0.39 is 17.6 Å². The monoisotopic (exact) mass is 276 g/mol. The predicted molar refractivity (Wildman–Crippen MR) is 63.2 cm³/mol. The van der Waals surface area contributed by atoms with Crippen molar-refractivity contribution in [3.05, 3.63) is 29.6 Å². The highest BCUT2D eigenvalue weighted by molar-refractivity contribution is 5.85. The van der Waals surface area contributed by atoms with Crippen LogP contribution in [0.3, 0.4) is 0 Å². The third-order valence-corrected chi connectivity index (χ3v) is 2.64. The Kier molecular flexibility index (Phi) is 3.61. The van der Waals surface area contributed by atoms with Gasteiger partial charge in [0.05, 0.1) is 24.3 Å². The van der Waals surface area contributed by atoms with E-state index in [1.54, 1.807) is 0 Å². The number of nitrogens with two attached hydrogens (primary N) is 1. The van der Waals surface area contributed by atoms with Gasteiger partial charge in [-0.2, -0.15) is 18.3 Å². The SMILES string of the molecule is NCC1=NN(c2ccc(F)c(C(F)(F)F)c2)CCN1. The largest absolute Gasteiger partial charge is 0.419 e. The fraction of sp³-hybridized carbons (Fsp3) is 0.364. The molecule has 1 aliphatic rings. The van der Waals surface area contributed by atoms with Crippen molar-refractivity contribution in [2.45, 2.75) is 6.18 Å². The molecule has 0 saturated heterocycles. The number of halogens is 4. The highest BCUT2D eigenvalue weighted by Gasteiger charge is 2.34. The lowest BCUT2D eigenvalue weighted by molar-refractivity contribution is -0.139. The molecule has 0 saturated carbocycles. The van der Waals surface area contributed by atoms with Crippen LogP contribution in [0.25, 0.3) is 0 Å². The Morgan fingerprint density at radius 3 is 2.74 bits per heavy atom. The third-order valence-electron chi connectivity index (χ3n) is 2.64. The number of rotatable bonds is 2. The van der Waals surface area contributed by atoms with E-state index in [1.807, 2.05) is 0 Å². The molecule has 0 atom stereocenters. The van der Waals surface area contributed by atoms with Gasteiger partial charge in [-0.05, 0) is 18.2 Å². The van der Waals surface area contributed by atoms with E-state index in [1.165, 1.54) is 11.1 Å². The Bertz CT molecular complexity index is 498. The van der Waals surface area contributed by atoms with Gasteiger partial charge in [0, 0.05) is 6.54 Å². The summed E-state index contributed by atoms with van der Waals surface area (Å²) in [7, 11) is 0. The number of amidine groups is 1. The molecule has 0 bridgehead atoms. The van der Waals surface area contributed by atoms with Gasteiger partial charge in [-0.3, -0.25) is 5.01 Å². The van der Waals surface area contributed by atoms with Crippen molar-refractivity contribution in [1.29, 1.82) is 0 Å². The Morgan fingerprint density at radius 2 is 2.11 bits per heavy atom. The molecule has 4 nitrogen and oxygen atoms in total. The van der Waals surface area contributed by atoms with Crippen molar-refractivity contribution in [1.82, 2.24) is 5.32 Å². The van der Waals surface area contributed by atoms with Crippen molar-refractivity contribution in [2.24, 2.45) is 10.8 Å². The summed E-state index contributed by atoms with van der Waals surface area (Å²) in [5.74, 6) is -0.821. The fourth-order valence-electron chi connectivity index (χ4n) is 1.73. The maximum atomic E-state index is 13.2. The van der Waals surface area contributed by atoms with E-state index in [4.69, 9.17) is 5.73 Å². The highest BCUT2D eigenvalue weighted by atomic mass is 19.4. The van der Waals surface area contributed by atoms with E-state index in [0.717, 1.165) is 12.1 Å². The first-order valence-electron chi connectivity index (χ1n) is 5.57. The first-order chi connectivity index (χ1) is 8.91. The lowest BCUT2D eigenvalue weighted by atomic mass is 10.1. The average molecular weight is 276 g/mol. The van der Waals surface area contributed by atoms with Gasteiger partial charge in [-0.15, -0.1) is 0 Å². The van der Waals surface area contributed by atoms with Crippen molar-refractivity contribution >= 4 is 11.5 Å². The highest BCUT2D eigenvalue weighted by Crippen LogP contribution is 2.34. The number of alkyl halides is 3. The second-order valence-corrected chi connectivity index (χ2v) is 3.96.